The van der Waals surface area contributed by atoms with Crippen molar-refractivity contribution in [3.8, 4) is 0 Å². The summed E-state index contributed by atoms with van der Waals surface area (Å²) in [6.07, 6.45) is 23.4. The van der Waals surface area contributed by atoms with Crippen LogP contribution in [-0.4, -0.2) is 310 Å². The van der Waals surface area contributed by atoms with E-state index in [9.17, 15) is 38.4 Å². The second-order valence-corrected chi connectivity index (χ2v) is 36.8. The molecule has 0 saturated carbocycles. The zero-order valence-electron chi connectivity index (χ0n) is 75.4. The van der Waals surface area contributed by atoms with Crippen LogP contribution >= 0.6 is 0 Å². The standard InChI is InChI=1S/C67H128N8O21Si2.2C8H18O4.3CH4/c1-57(2)60(77)86-47-48-90-64(81)74-40-27-18-16-23-36-69-55-95-94-52-51-85-59(76)33-21-30-35-68-34-22-15-17-26-39-71-62(79)88-44-32-54-98(7,8)96-67(5,6)97-53-31-43-87-61(78)70-37-24-13-11-9-10-12-14-25-38-73-65(82)91-49-50-92-66(83)75-42-29-20-19-28-41-72-63(80)89-46-45-84-56-93-58(3)4;2*9-3-7-11-5-1-2-6-12-8-4-10;;;/h68-69H,1,3,9-56,97H2,2,4-8H3,(H,70,78)(H,71,79)(H,72,80)(H,73,82)(H,74,81)(H,75,83);2*9-10H,1-8H2;3*1H4. The topological polar surface area (TPSA) is 471 Å². The van der Waals surface area contributed by atoms with E-state index in [0.29, 0.717) is 118 Å². The quantitative estimate of drug-likeness (QED) is 0.00310. The average molecular weight is 1840 g/mol. The van der Waals surface area contributed by atoms with Crippen LogP contribution in [0.4, 0.5) is 28.8 Å². The first-order valence-corrected chi connectivity index (χ1v) is 49.2. The Kier molecular flexibility index (Phi) is 105. The number of aliphatic hydroxyl groups is 4. The predicted octanol–water partition coefficient (Wildman–Crippen LogP) is 11.4. The summed E-state index contributed by atoms with van der Waals surface area (Å²) in [6, 6.07) is 1.89. The van der Waals surface area contributed by atoms with Crippen molar-refractivity contribution in [2.24, 2.45) is 0 Å². The Morgan fingerprint density at radius 1 is 0.328 bits per heavy atom. The summed E-state index contributed by atoms with van der Waals surface area (Å²) in [5, 5.41) is 56.3. The molecule has 37 nitrogen and oxygen atoms in total. The first kappa shape index (κ1) is 129. The average Bonchev–Trinajstić information content (AvgIpc) is 0.867. The van der Waals surface area contributed by atoms with Gasteiger partial charge in [0.2, 0.25) is 0 Å². The maximum Gasteiger partial charge on any atom is 0.407 e. The third-order valence-corrected chi connectivity index (χ3v) is 22.2. The second kappa shape index (κ2) is 101. The van der Waals surface area contributed by atoms with Gasteiger partial charge in [0.1, 0.15) is 53.0 Å². The molecule has 0 aromatic rings. The smallest absolute Gasteiger partial charge is 0.407 e. The number of nitrogens with one attached hydrogen (secondary N) is 8. The second-order valence-electron chi connectivity index (χ2n) is 29.7. The Morgan fingerprint density at radius 2 is 0.648 bits per heavy atom. The van der Waals surface area contributed by atoms with Gasteiger partial charge in [-0.3, -0.25) is 10.1 Å². The predicted molar refractivity (Wildman–Crippen MR) is 489 cm³/mol. The van der Waals surface area contributed by atoms with E-state index in [-0.39, 0.29) is 144 Å². The van der Waals surface area contributed by atoms with Gasteiger partial charge in [-0.1, -0.05) is 119 Å². The lowest BCUT2D eigenvalue weighted by molar-refractivity contribution is -0.302. The highest BCUT2D eigenvalue weighted by Crippen LogP contribution is 2.23. The molecular weight excluding hydrogens is 1670 g/mol. The van der Waals surface area contributed by atoms with Gasteiger partial charge in [-0.25, -0.2) is 43.3 Å². The van der Waals surface area contributed by atoms with Crippen LogP contribution in [0.15, 0.2) is 24.5 Å². The lowest BCUT2D eigenvalue weighted by Gasteiger charge is -2.35. The van der Waals surface area contributed by atoms with E-state index in [1.807, 2.05) is 0 Å². The molecule has 0 rings (SSSR count). The van der Waals surface area contributed by atoms with Crippen LogP contribution in [0.5, 0.6) is 0 Å². The minimum atomic E-state index is -1.99. The number of carbonyl (C=O) groups is 8. The lowest BCUT2D eigenvalue weighted by Crippen LogP contribution is -2.44. The molecule has 6 amide bonds. The first-order chi connectivity index (χ1) is 59.0. The maximum absolute atomic E-state index is 12.3. The number of amides is 6. The number of alkyl carbamates (subject to hydrolysis) is 6. The molecule has 0 saturated heterocycles. The molecule has 0 aromatic carbocycles. The van der Waals surface area contributed by atoms with Crippen molar-refractivity contribution in [3.63, 3.8) is 0 Å². The van der Waals surface area contributed by atoms with Crippen LogP contribution in [0, 0.1) is 0 Å². The van der Waals surface area contributed by atoms with Crippen LogP contribution in [-0.2, 0) is 90.1 Å². The Hall–Kier alpha value is -6.29. The molecule has 0 aliphatic heterocycles. The van der Waals surface area contributed by atoms with Crippen molar-refractivity contribution in [1.82, 2.24) is 42.5 Å². The minimum absolute atomic E-state index is 0. The fraction of sp³-hybridized carbons (Fsp3) is 0.860. The van der Waals surface area contributed by atoms with Crippen LogP contribution in [0.2, 0.25) is 25.2 Å². The van der Waals surface area contributed by atoms with Crippen LogP contribution in [0.3, 0.4) is 0 Å². The molecule has 0 fully saturated rings. The number of rotatable bonds is 85. The van der Waals surface area contributed by atoms with Gasteiger partial charge in [0.25, 0.3) is 0 Å². The third kappa shape index (κ3) is 110. The van der Waals surface area contributed by atoms with Crippen molar-refractivity contribution in [1.29, 1.82) is 0 Å². The lowest BCUT2D eigenvalue weighted by atomic mass is 10.1. The first-order valence-electron chi connectivity index (χ1n) is 44.4. The molecule has 0 spiro atoms. The summed E-state index contributed by atoms with van der Waals surface area (Å²) in [5.74, 6) is -0.229. The fourth-order valence-electron chi connectivity index (χ4n) is 10.8. The van der Waals surface area contributed by atoms with Gasteiger partial charge < -0.3 is 128 Å². The van der Waals surface area contributed by atoms with E-state index >= 15 is 0 Å². The van der Waals surface area contributed by atoms with Crippen molar-refractivity contribution in [2.45, 2.75) is 267 Å². The highest BCUT2D eigenvalue weighted by Gasteiger charge is 2.31. The van der Waals surface area contributed by atoms with Gasteiger partial charge in [-0.15, -0.1) is 0 Å². The van der Waals surface area contributed by atoms with E-state index in [0.717, 1.165) is 212 Å². The number of allylic oxidation sites excluding steroid dienone is 1. The molecular formula is C86H176N8O29Si2. The number of carbonyl (C=O) groups excluding carboxylic acids is 8. The number of ether oxygens (including phenoxy) is 14. The summed E-state index contributed by atoms with van der Waals surface area (Å²) in [4.78, 5) is 105. The van der Waals surface area contributed by atoms with Crippen molar-refractivity contribution in [3.05, 3.63) is 24.5 Å². The number of hydrogen-bond acceptors (Lipinski definition) is 31. The zero-order chi connectivity index (χ0) is 90.4. The minimum Gasteiger partial charge on any atom is -0.473 e. The monoisotopic (exact) mass is 1840 g/mol. The largest absolute Gasteiger partial charge is 0.473 e. The van der Waals surface area contributed by atoms with Crippen LogP contribution in [0.25, 0.3) is 0 Å². The normalized spacial score (nSPS) is 10.9. The molecule has 0 unspecified atom stereocenters. The third-order valence-electron chi connectivity index (χ3n) is 17.1. The molecule has 39 heteroatoms. The molecule has 125 heavy (non-hydrogen) atoms. The van der Waals surface area contributed by atoms with E-state index < -0.39 is 48.2 Å². The summed E-state index contributed by atoms with van der Waals surface area (Å²) in [7, 11) is -2.59. The van der Waals surface area contributed by atoms with Gasteiger partial charge >= 0.3 is 48.5 Å². The van der Waals surface area contributed by atoms with Gasteiger partial charge in [0.05, 0.1) is 88.0 Å². The van der Waals surface area contributed by atoms with Crippen LogP contribution < -0.4 is 42.5 Å². The molecule has 0 aromatic heterocycles. The molecule has 0 heterocycles. The Labute approximate surface area is 753 Å². The van der Waals surface area contributed by atoms with E-state index in [1.165, 1.54) is 0 Å². The van der Waals surface area contributed by atoms with Gasteiger partial charge in [0.15, 0.2) is 15.1 Å². The van der Waals surface area contributed by atoms with Gasteiger partial charge in [-0.05, 0) is 169 Å². The van der Waals surface area contributed by atoms with Crippen molar-refractivity contribution < 1.29 is 139 Å². The summed E-state index contributed by atoms with van der Waals surface area (Å²) in [5.41, 5.74) is 0.289. The summed E-state index contributed by atoms with van der Waals surface area (Å²) >= 11 is 0. The van der Waals surface area contributed by atoms with Crippen molar-refractivity contribution in [2.75, 3.05) is 218 Å². The van der Waals surface area contributed by atoms with E-state index in [2.05, 4.69) is 82.6 Å². The summed E-state index contributed by atoms with van der Waals surface area (Å²) < 4.78 is 78.0. The zero-order valence-corrected chi connectivity index (χ0v) is 77.8. The van der Waals surface area contributed by atoms with E-state index in [1.54, 1.807) is 13.8 Å². The van der Waals surface area contributed by atoms with Gasteiger partial charge in [0, 0.05) is 82.9 Å². The molecule has 0 aliphatic rings. The molecule has 0 bridgehead atoms. The highest BCUT2D eigenvalue weighted by atomic mass is 28.4. The number of esters is 2. The molecule has 12 N–H and O–H groups in total. The SMILES string of the molecule is C.C.C.C=C(C)OCOCCOC(=O)NCCCCCCNC(=O)OCCOC(=O)NCCCCCCCCCCNC(=O)OCCC[SiH2]C(C)(C)O[Si](C)(C)CCCOC(=O)NCCCCCCNCCCCC(=O)OCCOOCNCCCCCCNC(=O)OCCOC(=O)C(=C)C.OCCOCCCCOCCO.OCCOCCCCOCCO. The number of hydrogen-bond donors (Lipinski definition) is 12. The molecule has 0 radical (unpaired) electrons. The Bertz CT molecular complexity index is 2440. The van der Waals surface area contributed by atoms with Gasteiger partial charge in [-0.2, -0.15) is 0 Å². The Balaban J connectivity index is -0.00000113. The molecule has 0 atom stereocenters. The number of aliphatic hydroxyl groups excluding tert-OH is 4. The number of unbranched alkanes of at least 4 members (excludes halogenated alkanes) is 19. The summed E-state index contributed by atoms with van der Waals surface area (Å²) in [6.45, 7) is 30.9. The highest BCUT2D eigenvalue weighted by molar-refractivity contribution is 6.71. The van der Waals surface area contributed by atoms with E-state index in [4.69, 9.17) is 101 Å². The fourth-order valence-corrected chi connectivity index (χ4v) is 16.3. The maximum atomic E-state index is 12.3. The Morgan fingerprint density at radius 3 is 1.02 bits per heavy atom. The van der Waals surface area contributed by atoms with Crippen LogP contribution in [0.1, 0.15) is 236 Å². The molecule has 742 valence electrons. The molecule has 0 aliphatic carbocycles. The van der Waals surface area contributed by atoms with Crippen molar-refractivity contribution >= 4 is 66.3 Å².